The van der Waals surface area contributed by atoms with E-state index in [4.69, 9.17) is 0 Å². The van der Waals surface area contributed by atoms with Crippen LogP contribution in [-0.4, -0.2) is 50.1 Å². The van der Waals surface area contributed by atoms with Crippen molar-refractivity contribution in [1.29, 1.82) is 0 Å². The van der Waals surface area contributed by atoms with Crippen molar-refractivity contribution in [3.8, 4) is 0 Å². The van der Waals surface area contributed by atoms with Crippen molar-refractivity contribution >= 4 is 60.1 Å². The monoisotopic (exact) mass is 116 g/mol. The summed E-state index contributed by atoms with van der Waals surface area (Å²) in [7, 11) is 4.56. The lowest BCUT2D eigenvalue weighted by atomic mass is 26.9. The Balaban J connectivity index is -0.00000000500. The molecule has 4 heteroatoms. The molecule has 16 valence electrons. The molecule has 0 aliphatic carbocycles. The normalized spacial score (nSPS) is 1.25. The van der Waals surface area contributed by atoms with Crippen LogP contribution in [0.25, 0.3) is 0 Å². The Morgan fingerprint density at radius 2 is 1.00 bits per heavy atom. The molecule has 0 aliphatic rings. The van der Waals surface area contributed by atoms with Crippen molar-refractivity contribution in [3.05, 3.63) is 0 Å². The molecule has 0 atom stereocenters. The number of hydrogen-bond acceptors (Lipinski definition) is 0. The lowest BCUT2D eigenvalue weighted by Gasteiger charge is -1.04. The highest BCUT2D eigenvalue weighted by atomic mass is 35.6. The molecule has 8 radical (unpaired) electrons. The predicted molar refractivity (Wildman–Crippen MR) is 23.1 cm³/mol. The van der Waals surface area contributed by atoms with Crippen molar-refractivity contribution in [2.75, 3.05) is 0 Å². The first-order valence-electron chi connectivity index (χ1n) is 0.218. The summed E-state index contributed by atoms with van der Waals surface area (Å²) in [5, 5.41) is 0. The van der Waals surface area contributed by atoms with Crippen LogP contribution >= 0.6 is 10.0 Å². The molecule has 0 aromatic heterocycles. The van der Waals surface area contributed by atoms with Gasteiger partial charge in [0.25, 0.3) is 15.4 Å². The average molecular weight is 116 g/mol. The van der Waals surface area contributed by atoms with E-state index < -0.39 is 0 Å². The highest BCUT2D eigenvalue weighted by Crippen LogP contribution is 1.29. The third kappa shape index (κ3) is 9.10. The molecule has 0 saturated heterocycles. The second kappa shape index (κ2) is 20.7. The summed E-state index contributed by atoms with van der Waals surface area (Å²) >= 11 is 1.89. The highest BCUT2D eigenvalue weighted by molar-refractivity contribution is 6.80. The maximum Gasteiger partial charge on any atom is 0.293 e. The molecule has 0 unspecified atom stereocenters. The van der Waals surface area contributed by atoms with E-state index in [0.29, 0.717) is 0 Å². The Hall–Kier alpha value is 1.89. The summed E-state index contributed by atoms with van der Waals surface area (Å²) in [6, 6.07) is 0. The van der Waals surface area contributed by atoms with E-state index in [0.717, 1.165) is 0 Å². The van der Waals surface area contributed by atoms with Crippen LogP contribution in [0, 0.1) is 0 Å². The third-order valence-electron chi connectivity index (χ3n) is 0. The van der Waals surface area contributed by atoms with Crippen LogP contribution in [0.1, 0.15) is 0 Å². The summed E-state index contributed by atoms with van der Waals surface area (Å²) < 4.78 is 0. The van der Waals surface area contributed by atoms with Crippen molar-refractivity contribution in [1.82, 2.24) is 0 Å². The van der Waals surface area contributed by atoms with E-state index >= 15 is 0 Å². The maximum absolute atomic E-state index is 4.56. The Morgan fingerprint density at radius 1 is 1.00 bits per heavy atom. The zero-order valence-corrected chi connectivity index (χ0v) is 6.33. The van der Waals surface area contributed by atoms with Gasteiger partial charge in [0.1, 0.15) is 0 Å². The van der Waals surface area contributed by atoms with Crippen LogP contribution in [-0.2, 0) is 0 Å². The fourth-order valence-corrected chi connectivity index (χ4v) is 0. The van der Waals surface area contributed by atoms with Crippen LogP contribution in [0.15, 0.2) is 0 Å². The summed E-state index contributed by atoms with van der Waals surface area (Å²) in [6.07, 6.45) is 0. The molecular formula is Al3Cl. The minimum Gasteiger partial charge on any atom is -0.293 e. The van der Waals surface area contributed by atoms with Gasteiger partial charge < -0.3 is 0 Å². The van der Waals surface area contributed by atoms with Gasteiger partial charge in [-0.25, -0.2) is 0 Å². The largest absolute Gasteiger partial charge is 0.293 e. The first kappa shape index (κ1) is 16.9. The smallest absolute Gasteiger partial charge is 0.293 e. The number of halogens is 1. The van der Waals surface area contributed by atoms with Gasteiger partial charge in [-0.15, -0.1) is 0 Å². The van der Waals surface area contributed by atoms with Crippen molar-refractivity contribution in [3.63, 3.8) is 0 Å². The molecule has 0 heterocycles. The zero-order valence-electron chi connectivity index (χ0n) is 2.11. The molecule has 0 bridgehead atoms. The van der Waals surface area contributed by atoms with Crippen LogP contribution in [0.5, 0.6) is 0 Å². The summed E-state index contributed by atoms with van der Waals surface area (Å²) in [5.74, 6) is 0. The topological polar surface area (TPSA) is 0 Å². The lowest BCUT2D eigenvalue weighted by molar-refractivity contribution is 4.80. The van der Waals surface area contributed by atoms with Crippen molar-refractivity contribution in [2.45, 2.75) is 0 Å². The fourth-order valence-electron chi connectivity index (χ4n) is 0. The van der Waals surface area contributed by atoms with E-state index in [1.165, 1.54) is 0 Å². The third-order valence-corrected chi connectivity index (χ3v) is 0. The Morgan fingerprint density at radius 3 is 1.00 bits per heavy atom. The van der Waals surface area contributed by atoms with E-state index in [1.807, 2.05) is 15.4 Å². The Labute approximate surface area is 59.8 Å². The van der Waals surface area contributed by atoms with E-state index in [9.17, 15) is 0 Å². The second-order valence-electron chi connectivity index (χ2n) is 0. The molecule has 0 fully saturated rings. The molecule has 4 heavy (non-hydrogen) atoms. The molecule has 0 aliphatic heterocycles. The van der Waals surface area contributed by atoms with Crippen LogP contribution in [0.4, 0.5) is 0 Å². The minimum absolute atomic E-state index is 0. The van der Waals surface area contributed by atoms with Gasteiger partial charge in [0.05, 0.1) is 0 Å². The van der Waals surface area contributed by atoms with Crippen molar-refractivity contribution < 1.29 is 0 Å². The van der Waals surface area contributed by atoms with E-state index in [1.54, 1.807) is 0 Å². The SMILES string of the molecule is [Al].[Al].[Al][Cl]. The Bertz CT molecular complexity index is 3.25. The van der Waals surface area contributed by atoms with E-state index in [-0.39, 0.29) is 34.7 Å². The van der Waals surface area contributed by atoms with Gasteiger partial charge >= 0.3 is 0 Å². The maximum atomic E-state index is 4.56. The van der Waals surface area contributed by atoms with Gasteiger partial charge in [-0.3, -0.25) is 10.0 Å². The van der Waals surface area contributed by atoms with Gasteiger partial charge in [-0.1, -0.05) is 0 Å². The van der Waals surface area contributed by atoms with Crippen LogP contribution in [0.3, 0.4) is 0 Å². The fraction of sp³-hybridized carbons (Fsp3) is 0. The molecule has 0 N–H and O–H groups in total. The summed E-state index contributed by atoms with van der Waals surface area (Å²) in [6.45, 7) is 0. The second-order valence-corrected chi connectivity index (χ2v) is 0. The first-order valence-corrected chi connectivity index (χ1v) is 1.96. The molecule has 0 amide bonds. The molecule has 0 aromatic rings. The molecular weight excluding hydrogens is 116 g/mol. The van der Waals surface area contributed by atoms with Gasteiger partial charge in [0, 0.05) is 34.7 Å². The lowest BCUT2D eigenvalue weighted by Crippen LogP contribution is -0.980. The van der Waals surface area contributed by atoms with Gasteiger partial charge in [-0.05, 0) is 0 Å². The minimum atomic E-state index is 0. The van der Waals surface area contributed by atoms with Gasteiger partial charge in [-0.2, -0.15) is 0 Å². The predicted octanol–water partition coefficient (Wildman–Crippen LogP) is -0.453. The summed E-state index contributed by atoms with van der Waals surface area (Å²) in [5.41, 5.74) is 0. The van der Waals surface area contributed by atoms with Crippen LogP contribution < -0.4 is 0 Å². The molecule has 0 saturated carbocycles. The average Bonchev–Trinajstić information content (AvgIpc) is 1.00. The van der Waals surface area contributed by atoms with Gasteiger partial charge in [0.15, 0.2) is 0 Å². The molecule has 0 aromatic carbocycles. The summed E-state index contributed by atoms with van der Waals surface area (Å²) in [4.78, 5) is 0. The zero-order chi connectivity index (χ0) is 2.00. The highest BCUT2D eigenvalue weighted by Gasteiger charge is 1.04. The van der Waals surface area contributed by atoms with Crippen molar-refractivity contribution in [2.24, 2.45) is 0 Å². The molecule has 0 spiro atoms. The van der Waals surface area contributed by atoms with Crippen LogP contribution in [0.2, 0.25) is 0 Å². The first-order chi connectivity index (χ1) is 1.00. The Kier molecular flexibility index (Phi) is 87.4. The number of hydrogen-bond donors (Lipinski definition) is 0. The molecule has 0 nitrogen and oxygen atoms in total. The van der Waals surface area contributed by atoms with Gasteiger partial charge in [0.2, 0.25) is 0 Å². The number of rotatable bonds is 0. The molecule has 0 rings (SSSR count). The quantitative estimate of drug-likeness (QED) is 0.376. The van der Waals surface area contributed by atoms with E-state index in [2.05, 4.69) is 10.0 Å². The standard InChI is InChI=1S/3Al.ClH/h;;;1H/q;;+1;/p-1.